The quantitative estimate of drug-likeness (QED) is 0.328. The van der Waals surface area contributed by atoms with Crippen molar-refractivity contribution in [2.45, 2.75) is 26.8 Å². The van der Waals surface area contributed by atoms with Crippen molar-refractivity contribution in [3.05, 3.63) is 77.7 Å². The van der Waals surface area contributed by atoms with Crippen molar-refractivity contribution in [1.29, 1.82) is 5.26 Å². The normalized spacial score (nSPS) is 12.0. The van der Waals surface area contributed by atoms with E-state index in [-0.39, 0.29) is 0 Å². The first kappa shape index (κ1) is 20.6. The molecule has 0 saturated heterocycles. The lowest BCUT2D eigenvalue weighted by molar-refractivity contribution is 0.569. The molecule has 0 radical (unpaired) electrons. The summed E-state index contributed by atoms with van der Waals surface area (Å²) in [6.45, 7) is 7.59. The summed E-state index contributed by atoms with van der Waals surface area (Å²) in [6.07, 6.45) is 0.464. The summed E-state index contributed by atoms with van der Waals surface area (Å²) in [6, 6.07) is 24.8. The average Bonchev–Trinajstić information content (AvgIpc) is 2.81. The van der Waals surface area contributed by atoms with Gasteiger partial charge in [-0.3, -0.25) is 0 Å². The molecule has 5 heteroatoms. The standard InChI is InChI=1S/C26H27N4O/c1-3-29(4-2)21-11-13-23-25(17-21)31-26-18-22(12-14-24(26)28-23)30(16-8-15-27)19-20-9-6-5-7-10-20/h5-7,9-14,17-18H,3-4,8,16,19H2,1-2H3/q+1. The number of hydrogen-bond acceptors (Lipinski definition) is 4. The maximum atomic E-state index is 9.12. The molecule has 1 heterocycles. The molecule has 5 nitrogen and oxygen atoms in total. The zero-order chi connectivity index (χ0) is 21.6. The first-order valence-electron chi connectivity index (χ1n) is 10.8. The van der Waals surface area contributed by atoms with Gasteiger partial charge < -0.3 is 9.32 Å². The summed E-state index contributed by atoms with van der Waals surface area (Å²) >= 11 is 0. The topological polar surface area (TPSA) is 56.1 Å². The van der Waals surface area contributed by atoms with Crippen molar-refractivity contribution in [1.82, 2.24) is 9.56 Å². The highest BCUT2D eigenvalue weighted by atomic mass is 16.3. The molecule has 1 aliphatic carbocycles. The fourth-order valence-electron chi connectivity index (χ4n) is 3.87. The van der Waals surface area contributed by atoms with E-state index in [2.05, 4.69) is 59.7 Å². The summed E-state index contributed by atoms with van der Waals surface area (Å²) in [5, 5.41) is 10.1. The average molecular weight is 412 g/mol. The highest BCUT2D eigenvalue weighted by Crippen LogP contribution is 2.27. The van der Waals surface area contributed by atoms with Gasteiger partial charge in [-0.1, -0.05) is 30.3 Å². The molecule has 2 aliphatic rings. The summed E-state index contributed by atoms with van der Waals surface area (Å²) in [4.78, 5) is 7.08. The van der Waals surface area contributed by atoms with Crippen LogP contribution in [-0.2, 0) is 6.54 Å². The maximum Gasteiger partial charge on any atom is 0.204 e. The largest absolute Gasteiger partial charge is 0.452 e. The second-order valence-electron chi connectivity index (χ2n) is 7.51. The van der Waals surface area contributed by atoms with Gasteiger partial charge >= 0.3 is 0 Å². The van der Waals surface area contributed by atoms with Gasteiger partial charge in [0.1, 0.15) is 11.2 Å². The Labute approximate surface area is 182 Å². The number of fused-ring (bicyclic) bond motifs is 2. The van der Waals surface area contributed by atoms with Crippen molar-refractivity contribution >= 4 is 16.8 Å². The van der Waals surface area contributed by atoms with Crippen LogP contribution in [0.5, 0.6) is 0 Å². The third-order valence-electron chi connectivity index (χ3n) is 5.55. The molecule has 31 heavy (non-hydrogen) atoms. The number of nitriles is 1. The maximum absolute atomic E-state index is 9.12. The molecule has 1 aliphatic heterocycles. The SMILES string of the molecule is CCN(CC)c1ccc2nc3ccc(=[N+](CCC#N)Cc4ccccc4)cc-3oc2c1. The Morgan fingerprint density at radius 3 is 2.55 bits per heavy atom. The van der Waals surface area contributed by atoms with E-state index in [1.165, 1.54) is 5.56 Å². The van der Waals surface area contributed by atoms with E-state index in [1.807, 2.05) is 36.4 Å². The van der Waals surface area contributed by atoms with Gasteiger partial charge in [-0.05, 0) is 32.0 Å². The second kappa shape index (κ2) is 9.44. The van der Waals surface area contributed by atoms with Gasteiger partial charge in [-0.25, -0.2) is 9.56 Å². The number of benzene rings is 3. The summed E-state index contributed by atoms with van der Waals surface area (Å²) in [5.41, 5.74) is 4.80. The Morgan fingerprint density at radius 1 is 1.00 bits per heavy atom. The van der Waals surface area contributed by atoms with E-state index < -0.39 is 0 Å². The van der Waals surface area contributed by atoms with Crippen LogP contribution in [-0.4, -0.2) is 24.6 Å². The van der Waals surface area contributed by atoms with Crippen LogP contribution in [0.2, 0.25) is 0 Å². The third kappa shape index (κ3) is 4.59. The number of rotatable bonds is 7. The van der Waals surface area contributed by atoms with Crippen LogP contribution in [0.15, 0.2) is 71.1 Å². The molecule has 0 bridgehead atoms. The number of aromatic nitrogens is 1. The fourth-order valence-corrected chi connectivity index (χ4v) is 3.87. The van der Waals surface area contributed by atoms with E-state index in [4.69, 9.17) is 14.7 Å². The van der Waals surface area contributed by atoms with Crippen LogP contribution in [0.25, 0.3) is 22.6 Å². The number of anilines is 1. The Morgan fingerprint density at radius 2 is 1.81 bits per heavy atom. The molecule has 0 atom stereocenters. The molecule has 0 unspecified atom stereocenters. The minimum atomic E-state index is 0.464. The molecule has 0 spiro atoms. The Kier molecular flexibility index (Phi) is 6.28. The number of nitrogens with zero attached hydrogens (tertiary/aromatic N) is 4. The minimum Gasteiger partial charge on any atom is -0.452 e. The smallest absolute Gasteiger partial charge is 0.204 e. The van der Waals surface area contributed by atoms with Crippen molar-refractivity contribution in [2.24, 2.45) is 0 Å². The summed E-state index contributed by atoms with van der Waals surface area (Å²) in [5.74, 6) is 0.747. The Bertz CT molecular complexity index is 1250. The molecule has 2 aromatic rings. The van der Waals surface area contributed by atoms with E-state index in [0.29, 0.717) is 13.0 Å². The van der Waals surface area contributed by atoms with Crippen molar-refractivity contribution < 1.29 is 4.42 Å². The lowest BCUT2D eigenvalue weighted by Gasteiger charge is -2.21. The van der Waals surface area contributed by atoms with Gasteiger partial charge in [0.15, 0.2) is 24.4 Å². The van der Waals surface area contributed by atoms with Gasteiger partial charge in [0.2, 0.25) is 5.36 Å². The zero-order valence-electron chi connectivity index (χ0n) is 18.1. The van der Waals surface area contributed by atoms with Gasteiger partial charge in [-0.15, -0.1) is 0 Å². The van der Waals surface area contributed by atoms with Gasteiger partial charge in [-0.2, -0.15) is 5.26 Å². The highest BCUT2D eigenvalue weighted by Gasteiger charge is 2.14. The molecule has 0 amide bonds. The van der Waals surface area contributed by atoms with Crippen LogP contribution in [0.3, 0.4) is 0 Å². The second-order valence-corrected chi connectivity index (χ2v) is 7.51. The van der Waals surface area contributed by atoms with Gasteiger partial charge in [0, 0.05) is 36.5 Å². The first-order valence-corrected chi connectivity index (χ1v) is 10.8. The molecular weight excluding hydrogens is 384 g/mol. The summed E-state index contributed by atoms with van der Waals surface area (Å²) in [7, 11) is 0. The Balaban J connectivity index is 1.82. The molecule has 0 fully saturated rings. The first-order chi connectivity index (χ1) is 15.2. The van der Waals surface area contributed by atoms with Crippen LogP contribution < -0.4 is 14.8 Å². The predicted molar refractivity (Wildman–Crippen MR) is 125 cm³/mol. The van der Waals surface area contributed by atoms with Crippen LogP contribution in [0.1, 0.15) is 25.8 Å². The lowest BCUT2D eigenvalue weighted by Crippen LogP contribution is -2.30. The third-order valence-corrected chi connectivity index (χ3v) is 5.55. The minimum absolute atomic E-state index is 0.464. The van der Waals surface area contributed by atoms with E-state index >= 15 is 0 Å². The van der Waals surface area contributed by atoms with Crippen LogP contribution >= 0.6 is 0 Å². The number of hydrogen-bond donors (Lipinski definition) is 0. The lowest BCUT2D eigenvalue weighted by atomic mass is 10.2. The molecule has 4 rings (SSSR count). The molecule has 0 saturated carbocycles. The van der Waals surface area contributed by atoms with Crippen molar-refractivity contribution in [3.63, 3.8) is 0 Å². The molecule has 0 N–H and O–H groups in total. The van der Waals surface area contributed by atoms with E-state index in [1.54, 1.807) is 0 Å². The zero-order valence-corrected chi connectivity index (χ0v) is 18.1. The van der Waals surface area contributed by atoms with Crippen LogP contribution in [0.4, 0.5) is 5.69 Å². The monoisotopic (exact) mass is 411 g/mol. The van der Waals surface area contributed by atoms with Crippen molar-refractivity contribution in [2.75, 3.05) is 24.5 Å². The van der Waals surface area contributed by atoms with Gasteiger partial charge in [0.25, 0.3) is 0 Å². The fraction of sp³-hybridized carbons (Fsp3) is 0.269. The highest BCUT2D eigenvalue weighted by molar-refractivity contribution is 5.80. The molecule has 156 valence electrons. The summed E-state index contributed by atoms with van der Waals surface area (Å²) < 4.78 is 8.50. The van der Waals surface area contributed by atoms with E-state index in [9.17, 15) is 0 Å². The van der Waals surface area contributed by atoms with Gasteiger partial charge in [0.05, 0.1) is 18.6 Å². The predicted octanol–water partition coefficient (Wildman–Crippen LogP) is 4.66. The van der Waals surface area contributed by atoms with Crippen molar-refractivity contribution in [3.8, 4) is 17.5 Å². The molecule has 2 aromatic carbocycles. The Hall–Kier alpha value is -3.65. The molecule has 0 aromatic heterocycles. The van der Waals surface area contributed by atoms with Crippen LogP contribution in [0, 0.1) is 11.3 Å². The van der Waals surface area contributed by atoms with E-state index in [0.717, 1.165) is 53.2 Å². The molecular formula is C26H27N4O+.